The maximum Gasteiger partial charge on any atom is 0.317 e. The number of nitrogens with one attached hydrogen (secondary N) is 1. The molecule has 7 nitrogen and oxygen atoms in total. The summed E-state index contributed by atoms with van der Waals surface area (Å²) in [6, 6.07) is 1.37. The smallest absolute Gasteiger partial charge is 0.317 e. The summed E-state index contributed by atoms with van der Waals surface area (Å²) in [6.45, 7) is 0.971. The number of amides is 2. The lowest BCUT2D eigenvalue weighted by molar-refractivity contribution is -0.138. The molecule has 1 saturated heterocycles. The number of nitrogens with zero attached hydrogens (tertiary/aromatic N) is 2. The van der Waals surface area contributed by atoms with Gasteiger partial charge in [0.15, 0.2) is 0 Å². The molecule has 1 aromatic rings. The second kappa shape index (κ2) is 9.11. The molecule has 1 unspecified atom stereocenters. The van der Waals surface area contributed by atoms with Gasteiger partial charge in [0.1, 0.15) is 11.6 Å². The highest BCUT2D eigenvalue weighted by Crippen LogP contribution is 2.19. The molecule has 1 aliphatic heterocycles. The minimum absolute atomic E-state index is 0.00810. The van der Waals surface area contributed by atoms with Crippen LogP contribution in [0.3, 0.4) is 0 Å². The highest BCUT2D eigenvalue weighted by molar-refractivity contribution is 6.30. The molecule has 0 spiro atoms. The molecule has 2 rings (SSSR count). The van der Waals surface area contributed by atoms with Gasteiger partial charge in [-0.15, -0.1) is 0 Å². The lowest BCUT2D eigenvalue weighted by atomic mass is 10.2. The average Bonchev–Trinajstić information content (AvgIpc) is 2.56. The normalized spacial score (nSPS) is 17.4. The number of carboxylic acids is 1. The summed E-state index contributed by atoms with van der Waals surface area (Å²) < 4.78 is 32.7. The first kappa shape index (κ1) is 20.3. The first-order chi connectivity index (χ1) is 12.3. The van der Waals surface area contributed by atoms with E-state index in [1.807, 2.05) is 0 Å². The van der Waals surface area contributed by atoms with Crippen molar-refractivity contribution >= 4 is 23.6 Å². The predicted molar refractivity (Wildman–Crippen MR) is 90.0 cm³/mol. The molecule has 0 aromatic heterocycles. The van der Waals surface area contributed by atoms with Crippen LogP contribution >= 0.6 is 11.6 Å². The van der Waals surface area contributed by atoms with Crippen molar-refractivity contribution in [2.75, 3.05) is 39.8 Å². The molecule has 1 atom stereocenters. The first-order valence-corrected chi connectivity index (χ1v) is 8.32. The molecule has 144 valence electrons. The summed E-state index contributed by atoms with van der Waals surface area (Å²) in [6.07, 6.45) is -0.330. The van der Waals surface area contributed by atoms with E-state index in [4.69, 9.17) is 21.4 Å². The summed E-state index contributed by atoms with van der Waals surface area (Å²) in [7, 11) is 1.65. The zero-order chi connectivity index (χ0) is 19.3. The van der Waals surface area contributed by atoms with Gasteiger partial charge in [-0.25, -0.2) is 13.6 Å². The van der Waals surface area contributed by atoms with Crippen LogP contribution in [0, 0.1) is 11.6 Å². The van der Waals surface area contributed by atoms with E-state index in [9.17, 15) is 18.4 Å². The number of carbonyl (C=O) groups is 2. The Kier molecular flexibility index (Phi) is 7.13. The average molecular weight is 392 g/mol. The number of carboxylic acid groups (broad SMARTS) is 1. The van der Waals surface area contributed by atoms with E-state index in [0.717, 1.165) is 12.1 Å². The van der Waals surface area contributed by atoms with Crippen molar-refractivity contribution in [3.05, 3.63) is 34.4 Å². The molecule has 26 heavy (non-hydrogen) atoms. The number of likely N-dealkylation sites (N-methyl/N-ethyl adjacent to an activating group) is 1. The maximum atomic E-state index is 13.7. The number of aliphatic carboxylic acids is 1. The third kappa shape index (κ3) is 5.79. The van der Waals surface area contributed by atoms with E-state index in [-0.39, 0.29) is 36.3 Å². The second-order valence-corrected chi connectivity index (χ2v) is 6.45. The van der Waals surface area contributed by atoms with Crippen molar-refractivity contribution in [1.82, 2.24) is 15.1 Å². The highest BCUT2D eigenvalue weighted by Gasteiger charge is 2.25. The molecule has 1 heterocycles. The molecule has 1 aromatic carbocycles. The molecule has 1 fully saturated rings. The van der Waals surface area contributed by atoms with Crippen molar-refractivity contribution in [3.63, 3.8) is 0 Å². The van der Waals surface area contributed by atoms with Gasteiger partial charge in [-0.05, 0) is 19.2 Å². The fourth-order valence-corrected chi connectivity index (χ4v) is 2.79. The monoisotopic (exact) mass is 391 g/mol. The third-order valence-corrected chi connectivity index (χ3v) is 4.16. The van der Waals surface area contributed by atoms with Crippen LogP contribution < -0.4 is 5.32 Å². The molecular weight excluding hydrogens is 372 g/mol. The molecule has 0 aliphatic carbocycles. The third-order valence-electron chi connectivity index (χ3n) is 3.87. The van der Waals surface area contributed by atoms with Gasteiger partial charge in [-0.2, -0.15) is 0 Å². The number of hydrogen-bond donors (Lipinski definition) is 2. The van der Waals surface area contributed by atoms with Crippen LogP contribution in [0.1, 0.15) is 5.56 Å². The molecule has 0 saturated carbocycles. The molecule has 10 heteroatoms. The van der Waals surface area contributed by atoms with Gasteiger partial charge in [0.25, 0.3) is 0 Å². The largest absolute Gasteiger partial charge is 0.480 e. The van der Waals surface area contributed by atoms with Gasteiger partial charge >= 0.3 is 12.0 Å². The predicted octanol–water partition coefficient (Wildman–Crippen LogP) is 1.55. The van der Waals surface area contributed by atoms with E-state index in [0.29, 0.717) is 19.7 Å². The van der Waals surface area contributed by atoms with Crippen LogP contribution in [0.5, 0.6) is 0 Å². The summed E-state index contributed by atoms with van der Waals surface area (Å²) >= 11 is 5.49. The Morgan fingerprint density at radius 3 is 2.85 bits per heavy atom. The zero-order valence-electron chi connectivity index (χ0n) is 14.2. The maximum absolute atomic E-state index is 13.7. The Morgan fingerprint density at radius 2 is 2.15 bits per heavy atom. The van der Waals surface area contributed by atoms with E-state index < -0.39 is 23.6 Å². The first-order valence-electron chi connectivity index (χ1n) is 7.94. The Bertz CT molecular complexity index is 677. The fourth-order valence-electron chi connectivity index (χ4n) is 2.64. The van der Waals surface area contributed by atoms with Gasteiger partial charge in [0.05, 0.1) is 24.3 Å². The van der Waals surface area contributed by atoms with E-state index in [1.54, 1.807) is 11.9 Å². The van der Waals surface area contributed by atoms with Gasteiger partial charge in [-0.1, -0.05) is 11.6 Å². The lowest BCUT2D eigenvalue weighted by Crippen LogP contribution is -2.52. The molecular formula is C16H20ClF2N3O4. The van der Waals surface area contributed by atoms with Gasteiger partial charge in [-0.3, -0.25) is 9.69 Å². The molecule has 1 aliphatic rings. The molecule has 0 bridgehead atoms. The van der Waals surface area contributed by atoms with Crippen molar-refractivity contribution in [2.24, 2.45) is 0 Å². The Morgan fingerprint density at radius 1 is 1.42 bits per heavy atom. The molecule has 2 amide bonds. The topological polar surface area (TPSA) is 82.1 Å². The minimum Gasteiger partial charge on any atom is -0.480 e. The lowest BCUT2D eigenvalue weighted by Gasteiger charge is -2.34. The second-order valence-electron chi connectivity index (χ2n) is 6.05. The van der Waals surface area contributed by atoms with Gasteiger partial charge in [0.2, 0.25) is 0 Å². The van der Waals surface area contributed by atoms with Crippen LogP contribution in [0.25, 0.3) is 0 Å². The molecule has 0 radical (unpaired) electrons. The number of hydrogen-bond acceptors (Lipinski definition) is 4. The number of rotatable bonds is 6. The standard InChI is InChI=1S/C16H20ClF2N3O4/c1-21(9-15(23)24)7-11-8-22(2-3-26-11)16(25)20-6-10-4-14(19)12(17)5-13(10)18/h4-5,11H,2-3,6-9H2,1H3,(H,20,25)(H,23,24). The van der Waals surface area contributed by atoms with Gasteiger partial charge in [0, 0.05) is 31.7 Å². The zero-order valence-corrected chi connectivity index (χ0v) is 14.9. The number of halogens is 3. The SMILES string of the molecule is CN(CC(=O)O)CC1CN(C(=O)NCc2cc(F)c(Cl)cc2F)CCO1. The summed E-state index contributed by atoms with van der Waals surface area (Å²) in [5.41, 5.74) is -0.00810. The van der Waals surface area contributed by atoms with Crippen molar-refractivity contribution in [2.45, 2.75) is 12.6 Å². The quantitative estimate of drug-likeness (QED) is 0.719. The summed E-state index contributed by atoms with van der Waals surface area (Å²) in [4.78, 5) is 26.0. The van der Waals surface area contributed by atoms with E-state index in [2.05, 4.69) is 5.32 Å². The summed E-state index contributed by atoms with van der Waals surface area (Å²) in [5, 5.41) is 11.0. The number of urea groups is 1. The number of benzene rings is 1. The summed E-state index contributed by atoms with van der Waals surface area (Å²) in [5.74, 6) is -2.41. The van der Waals surface area contributed by atoms with Crippen LogP contribution in [0.15, 0.2) is 12.1 Å². The van der Waals surface area contributed by atoms with E-state index >= 15 is 0 Å². The molecule has 2 N–H and O–H groups in total. The van der Waals surface area contributed by atoms with Crippen LogP contribution in [0.2, 0.25) is 5.02 Å². The van der Waals surface area contributed by atoms with Crippen molar-refractivity contribution in [1.29, 1.82) is 0 Å². The van der Waals surface area contributed by atoms with Crippen LogP contribution in [-0.4, -0.2) is 72.8 Å². The Balaban J connectivity index is 1.87. The van der Waals surface area contributed by atoms with Crippen molar-refractivity contribution < 1.29 is 28.2 Å². The fraction of sp³-hybridized carbons (Fsp3) is 0.500. The van der Waals surface area contributed by atoms with Gasteiger partial charge < -0.3 is 20.1 Å². The van der Waals surface area contributed by atoms with E-state index in [1.165, 1.54) is 4.90 Å². The number of carbonyl (C=O) groups excluding carboxylic acids is 1. The van der Waals surface area contributed by atoms with Crippen LogP contribution in [0.4, 0.5) is 13.6 Å². The Labute approximate surface area is 154 Å². The number of ether oxygens (including phenoxy) is 1. The highest BCUT2D eigenvalue weighted by atomic mass is 35.5. The van der Waals surface area contributed by atoms with Crippen LogP contribution in [-0.2, 0) is 16.1 Å². The Hall–Kier alpha value is -1.97. The van der Waals surface area contributed by atoms with Crippen molar-refractivity contribution in [3.8, 4) is 0 Å². The minimum atomic E-state index is -0.949. The number of morpholine rings is 1.